The number of carbonyl (C=O) groups is 3. The predicted molar refractivity (Wildman–Crippen MR) is 187 cm³/mol. The maximum atomic E-state index is 12.8. The summed E-state index contributed by atoms with van der Waals surface area (Å²) in [6.45, 7) is 5.72. The molecule has 46 heavy (non-hydrogen) atoms. The van der Waals surface area contributed by atoms with E-state index < -0.39 is 0 Å². The van der Waals surface area contributed by atoms with Gasteiger partial charge in [-0.05, 0) is 77.6 Å². The van der Waals surface area contributed by atoms with Crippen LogP contribution in [0.1, 0.15) is 187 Å². The van der Waals surface area contributed by atoms with Gasteiger partial charge in [0.05, 0.1) is 12.7 Å². The first-order chi connectivity index (χ1) is 22.5. The van der Waals surface area contributed by atoms with Crippen molar-refractivity contribution in [1.29, 1.82) is 0 Å². The number of rotatable bonds is 30. The Morgan fingerprint density at radius 3 is 1.91 bits per heavy atom. The van der Waals surface area contributed by atoms with E-state index in [4.69, 9.17) is 18.9 Å². The van der Waals surface area contributed by atoms with E-state index in [-0.39, 0.29) is 30.1 Å². The number of allylic oxidation sites excluding steroid dienone is 1. The van der Waals surface area contributed by atoms with Gasteiger partial charge in [0.25, 0.3) is 0 Å². The highest BCUT2D eigenvalue weighted by Crippen LogP contribution is 2.20. The van der Waals surface area contributed by atoms with Crippen molar-refractivity contribution in [3.63, 3.8) is 0 Å². The van der Waals surface area contributed by atoms with Crippen molar-refractivity contribution in [3.8, 4) is 0 Å². The quantitative estimate of drug-likeness (QED) is 0.0331. The molecule has 0 saturated carbocycles. The Morgan fingerprint density at radius 2 is 1.26 bits per heavy atom. The smallest absolute Gasteiger partial charge is 0.306 e. The van der Waals surface area contributed by atoms with E-state index in [1.807, 2.05) is 13.0 Å². The molecule has 1 aliphatic heterocycles. The molecule has 0 spiro atoms. The highest BCUT2D eigenvalue weighted by atomic mass is 16.5. The van der Waals surface area contributed by atoms with Crippen LogP contribution < -0.4 is 0 Å². The van der Waals surface area contributed by atoms with Gasteiger partial charge >= 0.3 is 17.9 Å². The predicted octanol–water partition coefficient (Wildman–Crippen LogP) is 10.5. The van der Waals surface area contributed by atoms with Gasteiger partial charge in [-0.1, -0.05) is 103 Å². The second-order valence-electron chi connectivity index (χ2n) is 13.1. The van der Waals surface area contributed by atoms with Crippen LogP contribution in [0.4, 0.5) is 0 Å². The third-order valence-electron chi connectivity index (χ3n) is 8.84. The highest BCUT2D eigenvalue weighted by molar-refractivity contribution is 5.70. The van der Waals surface area contributed by atoms with E-state index in [1.54, 1.807) is 0 Å². The van der Waals surface area contributed by atoms with Gasteiger partial charge in [0.1, 0.15) is 12.7 Å². The number of unbranched alkanes of at least 4 members (excludes halogenated alkanes) is 14. The zero-order chi connectivity index (χ0) is 33.3. The van der Waals surface area contributed by atoms with Gasteiger partial charge in [0.2, 0.25) is 0 Å². The lowest BCUT2D eigenvalue weighted by Gasteiger charge is -2.19. The summed E-state index contributed by atoms with van der Waals surface area (Å²) >= 11 is 0. The molecule has 0 amide bonds. The summed E-state index contributed by atoms with van der Waals surface area (Å²) in [6.07, 6.45) is 31.8. The summed E-state index contributed by atoms with van der Waals surface area (Å²) in [5, 5.41) is 0. The van der Waals surface area contributed by atoms with Crippen molar-refractivity contribution < 1.29 is 33.3 Å². The van der Waals surface area contributed by atoms with E-state index in [2.05, 4.69) is 13.0 Å². The van der Waals surface area contributed by atoms with Gasteiger partial charge in [-0.25, -0.2) is 0 Å². The van der Waals surface area contributed by atoms with Crippen molar-refractivity contribution in [1.82, 2.24) is 0 Å². The zero-order valence-corrected chi connectivity index (χ0v) is 29.9. The summed E-state index contributed by atoms with van der Waals surface area (Å²) in [6, 6.07) is 0. The van der Waals surface area contributed by atoms with Crippen LogP contribution in [0, 0.1) is 0 Å². The van der Waals surface area contributed by atoms with Crippen LogP contribution in [0.25, 0.3) is 0 Å². The molecule has 268 valence electrons. The highest BCUT2D eigenvalue weighted by Gasteiger charge is 2.18. The van der Waals surface area contributed by atoms with Crippen molar-refractivity contribution in [3.05, 3.63) is 12.2 Å². The maximum Gasteiger partial charge on any atom is 0.306 e. The Labute approximate surface area is 282 Å². The van der Waals surface area contributed by atoms with Crippen LogP contribution in [-0.2, 0) is 33.3 Å². The largest absolute Gasteiger partial charge is 0.466 e. The summed E-state index contributed by atoms with van der Waals surface area (Å²) in [7, 11) is 0. The molecule has 0 aromatic heterocycles. The van der Waals surface area contributed by atoms with Gasteiger partial charge in [0.15, 0.2) is 0 Å². The average Bonchev–Trinajstić information content (AvgIpc) is 3.32. The minimum atomic E-state index is -0.103. The average molecular weight is 651 g/mol. The van der Waals surface area contributed by atoms with Crippen LogP contribution in [-0.4, -0.2) is 49.9 Å². The van der Waals surface area contributed by atoms with Crippen LogP contribution >= 0.6 is 0 Å². The monoisotopic (exact) mass is 651 g/mol. The number of hydrogen-bond donors (Lipinski definition) is 0. The van der Waals surface area contributed by atoms with Crippen LogP contribution in [0.5, 0.6) is 0 Å². The molecule has 0 aromatic rings. The molecule has 2 unspecified atom stereocenters. The molecule has 0 aromatic carbocycles. The lowest BCUT2D eigenvalue weighted by molar-refractivity contribution is -0.151. The van der Waals surface area contributed by atoms with Gasteiger partial charge in [0, 0.05) is 25.9 Å². The lowest BCUT2D eigenvalue weighted by Crippen LogP contribution is -2.20. The molecule has 1 saturated heterocycles. The van der Waals surface area contributed by atoms with Crippen molar-refractivity contribution >= 4 is 17.9 Å². The maximum absolute atomic E-state index is 12.8. The Bertz CT molecular complexity index is 757. The fraction of sp³-hybridized carbons (Fsp3) is 0.872. The Hall–Kier alpha value is -1.89. The van der Waals surface area contributed by atoms with Gasteiger partial charge in [-0.2, -0.15) is 0 Å². The second-order valence-corrected chi connectivity index (χ2v) is 13.1. The Morgan fingerprint density at radius 1 is 0.652 bits per heavy atom. The summed E-state index contributed by atoms with van der Waals surface area (Å²) in [5.41, 5.74) is 0. The molecule has 0 radical (unpaired) electrons. The van der Waals surface area contributed by atoms with Crippen LogP contribution in [0.15, 0.2) is 12.2 Å². The molecule has 0 N–H and O–H groups in total. The molecule has 1 aliphatic rings. The van der Waals surface area contributed by atoms with E-state index in [9.17, 15) is 14.4 Å². The van der Waals surface area contributed by atoms with Crippen LogP contribution in [0.3, 0.4) is 0 Å². The third-order valence-corrected chi connectivity index (χ3v) is 8.84. The number of ether oxygens (including phenoxy) is 4. The molecule has 7 nitrogen and oxygen atoms in total. The minimum absolute atomic E-state index is 0.0122. The molecule has 1 heterocycles. The molecule has 1 fully saturated rings. The number of hydrogen-bond acceptors (Lipinski definition) is 7. The fourth-order valence-electron chi connectivity index (χ4n) is 6.02. The normalized spacial score (nSPS) is 15.8. The Balaban J connectivity index is 2.23. The SMILES string of the molecule is CCCCCC/C=C/COC(=O)CCCCCCCC(CCCCCCCCCC(=O)OCC)OC(=O)CCC1CCCCCO1. The van der Waals surface area contributed by atoms with E-state index in [0.29, 0.717) is 32.5 Å². The standard InChI is InChI=1S/C39H70O7/c1-3-5-6-7-11-17-24-34-45-38(41)30-23-16-12-14-20-28-36(46-39(42)32-31-35-26-21-18-25-33-44-35)27-19-13-9-8-10-15-22-29-37(40)43-4-2/h17,24,35-36H,3-16,18-23,25-34H2,1-2H3/b24-17+. The summed E-state index contributed by atoms with van der Waals surface area (Å²) in [5.74, 6) is -0.269. The van der Waals surface area contributed by atoms with Crippen molar-refractivity contribution in [2.75, 3.05) is 19.8 Å². The summed E-state index contributed by atoms with van der Waals surface area (Å²) < 4.78 is 22.2. The van der Waals surface area contributed by atoms with Gasteiger partial charge < -0.3 is 18.9 Å². The minimum Gasteiger partial charge on any atom is -0.466 e. The molecular weight excluding hydrogens is 580 g/mol. The zero-order valence-electron chi connectivity index (χ0n) is 29.9. The number of esters is 3. The van der Waals surface area contributed by atoms with Gasteiger partial charge in [-0.15, -0.1) is 0 Å². The first-order valence-electron chi connectivity index (χ1n) is 19.3. The molecule has 2 atom stereocenters. The van der Waals surface area contributed by atoms with Crippen molar-refractivity contribution in [2.24, 2.45) is 0 Å². The van der Waals surface area contributed by atoms with Gasteiger partial charge in [-0.3, -0.25) is 14.4 Å². The third kappa shape index (κ3) is 27.2. The first-order valence-corrected chi connectivity index (χ1v) is 19.3. The molecule has 0 aliphatic carbocycles. The fourth-order valence-corrected chi connectivity index (χ4v) is 6.02. The molecular formula is C39H70O7. The van der Waals surface area contributed by atoms with Crippen LogP contribution in [0.2, 0.25) is 0 Å². The van der Waals surface area contributed by atoms with Crippen molar-refractivity contribution in [2.45, 2.75) is 199 Å². The molecule has 1 rings (SSSR count). The van der Waals surface area contributed by atoms with E-state index in [1.165, 1.54) is 51.4 Å². The lowest BCUT2D eigenvalue weighted by atomic mass is 10.0. The summed E-state index contributed by atoms with van der Waals surface area (Å²) in [4.78, 5) is 36.2. The van der Waals surface area contributed by atoms with E-state index >= 15 is 0 Å². The Kier molecular flexibility index (Phi) is 29.0. The molecule has 7 heteroatoms. The first kappa shape index (κ1) is 42.1. The molecule has 0 bridgehead atoms. The number of carbonyl (C=O) groups excluding carboxylic acids is 3. The second kappa shape index (κ2) is 31.7. The van der Waals surface area contributed by atoms with E-state index in [0.717, 1.165) is 109 Å². The topological polar surface area (TPSA) is 88.1 Å².